The first-order chi connectivity index (χ1) is 28.2. The molecule has 0 aliphatic rings. The summed E-state index contributed by atoms with van der Waals surface area (Å²) in [5.41, 5.74) is 3.08. The molecule has 0 saturated carbocycles. The van der Waals surface area contributed by atoms with Gasteiger partial charge in [-0.3, -0.25) is 9.59 Å². The van der Waals surface area contributed by atoms with Gasteiger partial charge in [0.25, 0.3) is 0 Å². The van der Waals surface area contributed by atoms with Crippen LogP contribution in [0.3, 0.4) is 0 Å². The standard InChI is InChI=1S/C44H53N3O11/c1-52-35-20-18-33(38(26-35)54-3)29-56-41(48)23-22-37(43(50)57-30-34-19-21-36(53-2)27-39(34)55-4)46-44(51)47-40(58-42(49)25-31-13-7-5-8-14-31)17-11-12-24-45-28-32-15-9-6-10-16-32/h5-10,13-16,18-21,26-27,37,40,45H,11-12,17,22-25,28-30H2,1-4H3,(H2,46,47,51). The third kappa shape index (κ3) is 15.3. The van der Waals surface area contributed by atoms with Crippen molar-refractivity contribution in [2.75, 3.05) is 35.0 Å². The zero-order chi connectivity index (χ0) is 41.5. The fourth-order valence-corrected chi connectivity index (χ4v) is 5.81. The molecule has 14 heteroatoms. The number of carbonyl (C=O) groups excluding carboxylic acids is 4. The van der Waals surface area contributed by atoms with Crippen molar-refractivity contribution in [3.8, 4) is 23.0 Å². The van der Waals surface area contributed by atoms with Gasteiger partial charge in [-0.1, -0.05) is 60.7 Å². The van der Waals surface area contributed by atoms with E-state index in [0.29, 0.717) is 60.1 Å². The predicted octanol–water partition coefficient (Wildman–Crippen LogP) is 6.03. The van der Waals surface area contributed by atoms with E-state index in [4.69, 9.17) is 33.2 Å². The largest absolute Gasteiger partial charge is 0.497 e. The first-order valence-corrected chi connectivity index (χ1v) is 19.0. The van der Waals surface area contributed by atoms with E-state index >= 15 is 0 Å². The number of hydrogen-bond acceptors (Lipinski definition) is 12. The number of ether oxygens (including phenoxy) is 7. The Labute approximate surface area is 339 Å². The van der Waals surface area contributed by atoms with Crippen molar-refractivity contribution in [2.45, 2.75) is 70.6 Å². The van der Waals surface area contributed by atoms with E-state index in [1.54, 1.807) is 36.4 Å². The summed E-state index contributed by atoms with van der Waals surface area (Å²) in [6.45, 7) is 1.14. The highest BCUT2D eigenvalue weighted by molar-refractivity contribution is 5.84. The lowest BCUT2D eigenvalue weighted by Crippen LogP contribution is -2.50. The SMILES string of the molecule is COc1ccc(COC(=O)CCC(NC(=O)NC(CCCCNCc2ccccc2)OC(=O)Cc2ccccc2)C(=O)OCc2ccc(OC)cc2OC)c(OC)c1. The normalized spacial score (nSPS) is 11.7. The van der Waals surface area contributed by atoms with Crippen LogP contribution in [0.2, 0.25) is 0 Å². The molecule has 14 nitrogen and oxygen atoms in total. The molecule has 0 saturated heterocycles. The van der Waals surface area contributed by atoms with Crippen molar-refractivity contribution in [1.82, 2.24) is 16.0 Å². The molecule has 2 atom stereocenters. The van der Waals surface area contributed by atoms with Gasteiger partial charge in [-0.25, -0.2) is 9.59 Å². The summed E-state index contributed by atoms with van der Waals surface area (Å²) in [5, 5.41) is 8.72. The molecule has 310 valence electrons. The molecule has 2 amide bonds. The quantitative estimate of drug-likeness (QED) is 0.0326. The number of esters is 3. The lowest BCUT2D eigenvalue weighted by Gasteiger charge is -2.23. The molecule has 4 rings (SSSR count). The van der Waals surface area contributed by atoms with Crippen LogP contribution in [0.25, 0.3) is 0 Å². The van der Waals surface area contributed by atoms with Crippen molar-refractivity contribution >= 4 is 23.9 Å². The van der Waals surface area contributed by atoms with Crippen molar-refractivity contribution in [3.63, 3.8) is 0 Å². The number of amides is 2. The Hall–Kier alpha value is -6.28. The highest BCUT2D eigenvalue weighted by atomic mass is 16.6. The first kappa shape index (κ1) is 44.4. The summed E-state index contributed by atoms with van der Waals surface area (Å²) in [7, 11) is 6.02. The minimum Gasteiger partial charge on any atom is -0.497 e. The zero-order valence-corrected chi connectivity index (χ0v) is 33.5. The molecule has 0 heterocycles. The number of urea groups is 1. The maximum absolute atomic E-state index is 13.5. The maximum atomic E-state index is 13.5. The summed E-state index contributed by atoms with van der Waals surface area (Å²) < 4.78 is 38.1. The molecule has 0 aliphatic heterocycles. The molecule has 0 bridgehead atoms. The van der Waals surface area contributed by atoms with E-state index in [-0.39, 0.29) is 32.5 Å². The van der Waals surface area contributed by atoms with Gasteiger partial charge in [0.1, 0.15) is 42.3 Å². The van der Waals surface area contributed by atoms with E-state index in [1.165, 1.54) is 28.4 Å². The summed E-state index contributed by atoms with van der Waals surface area (Å²) in [4.78, 5) is 53.0. The van der Waals surface area contributed by atoms with E-state index in [0.717, 1.165) is 17.5 Å². The molecule has 3 N–H and O–H groups in total. The van der Waals surface area contributed by atoms with Gasteiger partial charge in [-0.15, -0.1) is 0 Å². The van der Waals surface area contributed by atoms with Gasteiger partial charge in [0.2, 0.25) is 0 Å². The predicted molar refractivity (Wildman–Crippen MR) is 215 cm³/mol. The second-order valence-electron chi connectivity index (χ2n) is 13.1. The van der Waals surface area contributed by atoms with Crippen molar-refractivity contribution in [3.05, 3.63) is 119 Å². The summed E-state index contributed by atoms with van der Waals surface area (Å²) in [5.74, 6) is 0.0819. The van der Waals surface area contributed by atoms with E-state index in [9.17, 15) is 19.2 Å². The summed E-state index contributed by atoms with van der Waals surface area (Å²) in [6, 6.07) is 27.2. The molecule has 0 radical (unpaired) electrons. The van der Waals surface area contributed by atoms with Gasteiger partial charge in [0.15, 0.2) is 6.23 Å². The Morgan fingerprint density at radius 3 is 1.78 bits per heavy atom. The minimum atomic E-state index is -1.28. The Bertz CT molecular complexity index is 1890. The molecule has 58 heavy (non-hydrogen) atoms. The first-order valence-electron chi connectivity index (χ1n) is 19.0. The average molecular weight is 800 g/mol. The monoisotopic (exact) mass is 799 g/mol. The van der Waals surface area contributed by atoms with Crippen LogP contribution in [0, 0.1) is 0 Å². The van der Waals surface area contributed by atoms with E-state index < -0.39 is 36.2 Å². The number of nitrogens with one attached hydrogen (secondary N) is 3. The van der Waals surface area contributed by atoms with Gasteiger partial charge in [0, 0.05) is 42.6 Å². The Morgan fingerprint density at radius 2 is 1.19 bits per heavy atom. The molecule has 0 fully saturated rings. The summed E-state index contributed by atoms with van der Waals surface area (Å²) >= 11 is 0. The number of benzene rings is 4. The fourth-order valence-electron chi connectivity index (χ4n) is 5.81. The maximum Gasteiger partial charge on any atom is 0.329 e. The molecule has 4 aromatic rings. The fraction of sp³-hybridized carbons (Fsp3) is 0.364. The van der Waals surface area contributed by atoms with Crippen LogP contribution in [0.5, 0.6) is 23.0 Å². The van der Waals surface area contributed by atoms with Crippen LogP contribution in [-0.2, 0) is 54.8 Å². The Balaban J connectivity index is 1.41. The molecule has 2 unspecified atom stereocenters. The second-order valence-corrected chi connectivity index (χ2v) is 13.1. The van der Waals surface area contributed by atoms with Gasteiger partial charge in [-0.05, 0) is 61.2 Å². The van der Waals surface area contributed by atoms with Gasteiger partial charge in [0.05, 0.1) is 34.9 Å². The van der Waals surface area contributed by atoms with Gasteiger partial charge in [-0.2, -0.15) is 0 Å². The van der Waals surface area contributed by atoms with Crippen molar-refractivity contribution < 1.29 is 52.3 Å². The molecular formula is C44H53N3O11. The van der Waals surface area contributed by atoms with Crippen LogP contribution >= 0.6 is 0 Å². The number of methoxy groups -OCH3 is 4. The number of hydrogen-bond donors (Lipinski definition) is 3. The molecule has 0 spiro atoms. The lowest BCUT2D eigenvalue weighted by atomic mass is 10.1. The number of unbranched alkanes of at least 4 members (excludes halogenated alkanes) is 1. The Kier molecular flexibility index (Phi) is 18.7. The van der Waals surface area contributed by atoms with E-state index in [2.05, 4.69) is 16.0 Å². The van der Waals surface area contributed by atoms with Gasteiger partial charge >= 0.3 is 23.9 Å². The topological polar surface area (TPSA) is 169 Å². The third-order valence-corrected chi connectivity index (χ3v) is 8.97. The highest BCUT2D eigenvalue weighted by Gasteiger charge is 2.26. The van der Waals surface area contributed by atoms with Crippen LogP contribution in [0.1, 0.15) is 54.4 Å². The smallest absolute Gasteiger partial charge is 0.329 e. The third-order valence-electron chi connectivity index (χ3n) is 8.97. The number of rotatable bonds is 24. The lowest BCUT2D eigenvalue weighted by molar-refractivity contribution is -0.151. The van der Waals surface area contributed by atoms with E-state index in [1.807, 2.05) is 60.7 Å². The van der Waals surface area contributed by atoms with Crippen molar-refractivity contribution in [2.24, 2.45) is 0 Å². The van der Waals surface area contributed by atoms with Crippen LogP contribution < -0.4 is 34.9 Å². The number of carbonyl (C=O) groups is 4. The van der Waals surface area contributed by atoms with Crippen LogP contribution in [-0.4, -0.2) is 71.2 Å². The Morgan fingerprint density at radius 1 is 0.603 bits per heavy atom. The van der Waals surface area contributed by atoms with Crippen LogP contribution in [0.15, 0.2) is 97.1 Å². The minimum absolute atomic E-state index is 0.00750. The van der Waals surface area contributed by atoms with Gasteiger partial charge < -0.3 is 49.1 Å². The molecule has 0 aliphatic carbocycles. The molecule has 0 aromatic heterocycles. The second kappa shape index (κ2) is 24.4. The molecule has 4 aromatic carbocycles. The average Bonchev–Trinajstić information content (AvgIpc) is 3.25. The molecular weight excluding hydrogens is 746 g/mol. The summed E-state index contributed by atoms with van der Waals surface area (Å²) in [6.07, 6.45) is 0.284. The zero-order valence-electron chi connectivity index (χ0n) is 33.5. The highest BCUT2D eigenvalue weighted by Crippen LogP contribution is 2.26. The van der Waals surface area contributed by atoms with Crippen LogP contribution in [0.4, 0.5) is 4.79 Å². The van der Waals surface area contributed by atoms with Crippen molar-refractivity contribution in [1.29, 1.82) is 0 Å².